The molecule has 0 bridgehead atoms. The van der Waals surface area contributed by atoms with Crippen molar-refractivity contribution in [1.82, 2.24) is 0 Å². The van der Waals surface area contributed by atoms with Crippen LogP contribution in [-0.2, 0) is 27.1 Å². The van der Waals surface area contributed by atoms with Crippen molar-refractivity contribution in [3.8, 4) is 0 Å². The van der Waals surface area contributed by atoms with Gasteiger partial charge in [0.05, 0.1) is 17.7 Å². The van der Waals surface area contributed by atoms with Crippen LogP contribution in [0.1, 0.15) is 57.0 Å². The van der Waals surface area contributed by atoms with Crippen molar-refractivity contribution < 1.29 is 23.9 Å². The van der Waals surface area contributed by atoms with E-state index in [0.717, 1.165) is 35.3 Å². The number of carbonyl (C=O) groups excluding carboxylic acids is 3. The van der Waals surface area contributed by atoms with E-state index in [0.29, 0.717) is 22.0 Å². The lowest BCUT2D eigenvalue weighted by molar-refractivity contribution is -0.119. The zero-order valence-electron chi connectivity index (χ0n) is 16.9. The SMILES string of the molecule is CCOC(=O)c1c(NC(=O)COC(=O)c2ccc(C)cc2)sc2c1CC[C@H](C)C2. The lowest BCUT2D eigenvalue weighted by Crippen LogP contribution is -2.22. The number of aryl methyl sites for hydroxylation is 1. The summed E-state index contributed by atoms with van der Waals surface area (Å²) in [5, 5.41) is 3.21. The maximum absolute atomic E-state index is 12.5. The van der Waals surface area contributed by atoms with Crippen LogP contribution in [0, 0.1) is 12.8 Å². The summed E-state index contributed by atoms with van der Waals surface area (Å²) >= 11 is 1.41. The third-order valence-corrected chi connectivity index (χ3v) is 6.04. The molecule has 3 rings (SSSR count). The summed E-state index contributed by atoms with van der Waals surface area (Å²) in [7, 11) is 0. The van der Waals surface area contributed by atoms with Crippen molar-refractivity contribution >= 4 is 34.2 Å². The number of hydrogen-bond donors (Lipinski definition) is 1. The third kappa shape index (κ3) is 5.03. The average Bonchev–Trinajstić information content (AvgIpc) is 3.03. The molecule has 29 heavy (non-hydrogen) atoms. The second-order valence-corrected chi connectivity index (χ2v) is 8.37. The van der Waals surface area contributed by atoms with E-state index in [2.05, 4.69) is 12.2 Å². The molecule has 7 heteroatoms. The standard InChI is InChI=1S/C22H25NO5S/c1-4-27-22(26)19-16-10-7-14(3)11-17(16)29-20(19)23-18(24)12-28-21(25)15-8-5-13(2)6-9-15/h5-6,8-9,14H,4,7,10-12H2,1-3H3,(H,23,24)/t14-/m0/s1. The smallest absolute Gasteiger partial charge is 0.341 e. The highest BCUT2D eigenvalue weighted by atomic mass is 32.1. The Balaban J connectivity index is 1.70. The Kier molecular flexibility index (Phi) is 6.69. The second-order valence-electron chi connectivity index (χ2n) is 7.27. The van der Waals surface area contributed by atoms with Crippen molar-refractivity contribution in [2.45, 2.75) is 40.0 Å². The number of amides is 1. The van der Waals surface area contributed by atoms with Gasteiger partial charge in [-0.25, -0.2) is 9.59 Å². The fourth-order valence-electron chi connectivity index (χ4n) is 3.32. The maximum atomic E-state index is 12.5. The topological polar surface area (TPSA) is 81.7 Å². The van der Waals surface area contributed by atoms with E-state index in [9.17, 15) is 14.4 Å². The van der Waals surface area contributed by atoms with Gasteiger partial charge in [0.1, 0.15) is 5.00 Å². The van der Waals surface area contributed by atoms with Crippen LogP contribution in [-0.4, -0.2) is 31.1 Å². The van der Waals surface area contributed by atoms with Gasteiger partial charge in [0.25, 0.3) is 5.91 Å². The van der Waals surface area contributed by atoms with Gasteiger partial charge in [0.15, 0.2) is 6.61 Å². The normalized spacial score (nSPS) is 15.3. The van der Waals surface area contributed by atoms with Crippen molar-refractivity contribution in [3.63, 3.8) is 0 Å². The first-order valence-electron chi connectivity index (χ1n) is 9.74. The minimum absolute atomic E-state index is 0.265. The summed E-state index contributed by atoms with van der Waals surface area (Å²) in [5.41, 5.74) is 2.83. The molecule has 1 aromatic carbocycles. The highest BCUT2D eigenvalue weighted by Gasteiger charge is 2.29. The Morgan fingerprint density at radius 1 is 1.14 bits per heavy atom. The van der Waals surface area contributed by atoms with Crippen LogP contribution in [0.5, 0.6) is 0 Å². The maximum Gasteiger partial charge on any atom is 0.341 e. The number of rotatable bonds is 6. The molecule has 2 aromatic rings. The van der Waals surface area contributed by atoms with Gasteiger partial charge >= 0.3 is 11.9 Å². The lowest BCUT2D eigenvalue weighted by Gasteiger charge is -2.18. The fraction of sp³-hybridized carbons (Fsp3) is 0.409. The molecule has 1 atom stereocenters. The van der Waals surface area contributed by atoms with Crippen molar-refractivity contribution in [1.29, 1.82) is 0 Å². The number of nitrogens with one attached hydrogen (secondary N) is 1. The molecule has 1 aromatic heterocycles. The number of benzene rings is 1. The summed E-state index contributed by atoms with van der Waals surface area (Å²) in [5.74, 6) is -0.936. The Morgan fingerprint density at radius 2 is 1.86 bits per heavy atom. The first-order valence-corrected chi connectivity index (χ1v) is 10.6. The molecule has 1 heterocycles. The molecular formula is C22H25NO5S. The van der Waals surface area contributed by atoms with Gasteiger partial charge in [-0.3, -0.25) is 4.79 Å². The minimum Gasteiger partial charge on any atom is -0.462 e. The van der Waals surface area contributed by atoms with E-state index in [1.807, 2.05) is 6.92 Å². The van der Waals surface area contributed by atoms with Gasteiger partial charge in [-0.1, -0.05) is 24.6 Å². The van der Waals surface area contributed by atoms with Crippen LogP contribution in [0.15, 0.2) is 24.3 Å². The van der Waals surface area contributed by atoms with Gasteiger partial charge in [-0.05, 0) is 56.7 Å². The highest BCUT2D eigenvalue weighted by Crippen LogP contribution is 2.40. The molecule has 1 aliphatic carbocycles. The summed E-state index contributed by atoms with van der Waals surface area (Å²) in [4.78, 5) is 38.1. The number of ether oxygens (including phenoxy) is 2. The molecule has 0 saturated carbocycles. The molecule has 1 N–H and O–H groups in total. The molecule has 6 nitrogen and oxygen atoms in total. The van der Waals surface area contributed by atoms with Gasteiger partial charge in [-0.2, -0.15) is 0 Å². The number of anilines is 1. The third-order valence-electron chi connectivity index (χ3n) is 4.87. The van der Waals surface area contributed by atoms with E-state index in [-0.39, 0.29) is 6.61 Å². The van der Waals surface area contributed by atoms with Crippen LogP contribution in [0.25, 0.3) is 0 Å². The Labute approximate surface area is 174 Å². The Hall–Kier alpha value is -2.67. The van der Waals surface area contributed by atoms with E-state index in [1.165, 1.54) is 11.3 Å². The quantitative estimate of drug-likeness (QED) is 0.717. The van der Waals surface area contributed by atoms with E-state index >= 15 is 0 Å². The number of hydrogen-bond acceptors (Lipinski definition) is 6. The molecule has 0 unspecified atom stereocenters. The molecule has 0 saturated heterocycles. The van der Waals surface area contributed by atoms with Crippen LogP contribution < -0.4 is 5.32 Å². The molecule has 0 fully saturated rings. The fourth-order valence-corrected chi connectivity index (χ4v) is 4.74. The predicted molar refractivity (Wildman–Crippen MR) is 112 cm³/mol. The van der Waals surface area contributed by atoms with Gasteiger partial charge < -0.3 is 14.8 Å². The van der Waals surface area contributed by atoms with Crippen LogP contribution >= 0.6 is 11.3 Å². The number of thiophene rings is 1. The second kappa shape index (κ2) is 9.22. The Bertz CT molecular complexity index is 916. The summed E-state index contributed by atoms with van der Waals surface area (Å²) < 4.78 is 10.3. The minimum atomic E-state index is -0.565. The van der Waals surface area contributed by atoms with Crippen molar-refractivity contribution in [3.05, 3.63) is 51.4 Å². The van der Waals surface area contributed by atoms with E-state index in [4.69, 9.17) is 9.47 Å². The molecule has 154 valence electrons. The van der Waals surface area contributed by atoms with Crippen LogP contribution in [0.2, 0.25) is 0 Å². The predicted octanol–water partition coefficient (Wildman–Crippen LogP) is 4.15. The van der Waals surface area contributed by atoms with Crippen molar-refractivity contribution in [2.24, 2.45) is 5.92 Å². The van der Waals surface area contributed by atoms with E-state index in [1.54, 1.807) is 31.2 Å². The van der Waals surface area contributed by atoms with Gasteiger partial charge in [0.2, 0.25) is 0 Å². The molecule has 0 radical (unpaired) electrons. The van der Waals surface area contributed by atoms with Gasteiger partial charge in [0, 0.05) is 4.88 Å². The summed E-state index contributed by atoms with van der Waals surface area (Å²) in [6.07, 6.45) is 2.67. The monoisotopic (exact) mass is 415 g/mol. The summed E-state index contributed by atoms with van der Waals surface area (Å²) in [6.45, 7) is 5.69. The number of esters is 2. The number of carbonyl (C=O) groups is 3. The zero-order chi connectivity index (χ0) is 21.0. The molecule has 0 spiro atoms. The first-order chi connectivity index (χ1) is 13.9. The lowest BCUT2D eigenvalue weighted by atomic mass is 9.88. The Morgan fingerprint density at radius 3 is 2.55 bits per heavy atom. The zero-order valence-corrected chi connectivity index (χ0v) is 17.7. The average molecular weight is 416 g/mol. The highest BCUT2D eigenvalue weighted by molar-refractivity contribution is 7.17. The van der Waals surface area contributed by atoms with Crippen molar-refractivity contribution in [2.75, 3.05) is 18.5 Å². The van der Waals surface area contributed by atoms with Crippen LogP contribution in [0.4, 0.5) is 5.00 Å². The van der Waals surface area contributed by atoms with Crippen LogP contribution in [0.3, 0.4) is 0 Å². The molecule has 0 aliphatic heterocycles. The van der Waals surface area contributed by atoms with Gasteiger partial charge in [-0.15, -0.1) is 11.3 Å². The number of fused-ring (bicyclic) bond motifs is 1. The largest absolute Gasteiger partial charge is 0.462 e. The molecule has 1 amide bonds. The molecule has 1 aliphatic rings. The van der Waals surface area contributed by atoms with E-state index < -0.39 is 24.5 Å². The first kappa shape index (κ1) is 21.0. The summed E-state index contributed by atoms with van der Waals surface area (Å²) in [6, 6.07) is 6.92. The molecular weight excluding hydrogens is 390 g/mol.